The van der Waals surface area contributed by atoms with Crippen LogP contribution in [0.4, 0.5) is 4.39 Å². The summed E-state index contributed by atoms with van der Waals surface area (Å²) >= 11 is 0. The van der Waals surface area contributed by atoms with Crippen LogP contribution < -0.4 is 4.74 Å². The summed E-state index contributed by atoms with van der Waals surface area (Å²) < 4.78 is 26.6. The highest BCUT2D eigenvalue weighted by Crippen LogP contribution is 2.26. The van der Waals surface area contributed by atoms with Gasteiger partial charge in [-0.15, -0.1) is 0 Å². The van der Waals surface area contributed by atoms with E-state index in [2.05, 4.69) is 20.8 Å². The van der Waals surface area contributed by atoms with Crippen molar-refractivity contribution in [2.45, 2.75) is 91.1 Å². The van der Waals surface area contributed by atoms with Gasteiger partial charge < -0.3 is 9.47 Å². The number of ether oxygens (including phenoxy) is 2. The molecule has 0 saturated heterocycles. The molecule has 0 spiro atoms. The Hall–Kier alpha value is -1.87. The first-order valence-corrected chi connectivity index (χ1v) is 12.8. The zero-order chi connectivity index (χ0) is 23.0. The third-order valence-corrected chi connectivity index (χ3v) is 6.19. The van der Waals surface area contributed by atoms with Gasteiger partial charge in [-0.1, -0.05) is 89.6 Å². The van der Waals surface area contributed by atoms with Crippen molar-refractivity contribution in [2.24, 2.45) is 5.92 Å². The lowest BCUT2D eigenvalue weighted by Gasteiger charge is -2.22. The van der Waals surface area contributed by atoms with Gasteiger partial charge in [0.25, 0.3) is 0 Å². The van der Waals surface area contributed by atoms with Gasteiger partial charge in [0.05, 0.1) is 12.7 Å². The first-order valence-electron chi connectivity index (χ1n) is 12.8. The highest BCUT2D eigenvalue weighted by atomic mass is 19.1. The van der Waals surface area contributed by atoms with Crippen molar-refractivity contribution in [3.05, 3.63) is 54.3 Å². The number of hydrogen-bond donors (Lipinski definition) is 0. The van der Waals surface area contributed by atoms with Crippen LogP contribution in [0.25, 0.3) is 11.1 Å². The minimum atomic E-state index is -0.241. The molecule has 0 aliphatic heterocycles. The van der Waals surface area contributed by atoms with Crippen LogP contribution in [0, 0.1) is 11.7 Å². The maximum Gasteiger partial charge on any atom is 0.134 e. The first-order chi connectivity index (χ1) is 15.7. The van der Waals surface area contributed by atoms with Gasteiger partial charge >= 0.3 is 0 Å². The Morgan fingerprint density at radius 1 is 0.812 bits per heavy atom. The SMILES string of the molecule is CCCCCCC(CCC)OCC(CC)CCCOc1ccc(-c2ccccc2)c(F)c1. The summed E-state index contributed by atoms with van der Waals surface area (Å²) in [4.78, 5) is 0. The van der Waals surface area contributed by atoms with Crippen molar-refractivity contribution < 1.29 is 13.9 Å². The monoisotopic (exact) mass is 442 g/mol. The van der Waals surface area contributed by atoms with E-state index in [0.717, 1.165) is 37.9 Å². The van der Waals surface area contributed by atoms with Crippen molar-refractivity contribution in [3.8, 4) is 16.9 Å². The third kappa shape index (κ3) is 9.73. The molecule has 0 radical (unpaired) electrons. The van der Waals surface area contributed by atoms with Crippen LogP contribution in [0.15, 0.2) is 48.5 Å². The van der Waals surface area contributed by atoms with Gasteiger partial charge in [0.1, 0.15) is 11.6 Å². The van der Waals surface area contributed by atoms with Crippen LogP contribution in [0.1, 0.15) is 85.0 Å². The molecule has 0 saturated carbocycles. The van der Waals surface area contributed by atoms with E-state index in [1.165, 1.54) is 44.6 Å². The van der Waals surface area contributed by atoms with Crippen LogP contribution >= 0.6 is 0 Å². The van der Waals surface area contributed by atoms with E-state index in [4.69, 9.17) is 9.47 Å². The topological polar surface area (TPSA) is 18.5 Å². The summed E-state index contributed by atoms with van der Waals surface area (Å²) in [6.45, 7) is 8.19. The standard InChI is InChI=1S/C29H43FO2/c1-4-7-8-12-18-26(14-5-2)32-23-24(6-3)15-13-21-31-27-19-20-28(29(30)22-27)25-16-10-9-11-17-25/h9-11,16-17,19-20,22,24,26H,4-8,12-15,18,21,23H2,1-3H3. The summed E-state index contributed by atoms with van der Waals surface area (Å²) in [5.74, 6) is 0.918. The van der Waals surface area contributed by atoms with Crippen LogP contribution in [0.5, 0.6) is 5.75 Å². The molecule has 2 unspecified atom stereocenters. The number of unbranched alkanes of at least 4 members (excludes halogenated alkanes) is 3. The molecule has 0 amide bonds. The molecule has 0 fully saturated rings. The maximum absolute atomic E-state index is 14.5. The summed E-state index contributed by atoms with van der Waals surface area (Å²) in [6.07, 6.45) is 12.3. The molecule has 0 N–H and O–H groups in total. The second-order valence-electron chi connectivity index (χ2n) is 8.87. The molecule has 2 nitrogen and oxygen atoms in total. The Bertz CT molecular complexity index is 731. The van der Waals surface area contributed by atoms with Crippen LogP contribution in [0.2, 0.25) is 0 Å². The van der Waals surface area contributed by atoms with E-state index >= 15 is 0 Å². The maximum atomic E-state index is 14.5. The highest BCUT2D eigenvalue weighted by molar-refractivity contribution is 5.64. The van der Waals surface area contributed by atoms with Crippen molar-refractivity contribution in [1.29, 1.82) is 0 Å². The lowest BCUT2D eigenvalue weighted by Crippen LogP contribution is -2.19. The van der Waals surface area contributed by atoms with Gasteiger partial charge in [0, 0.05) is 18.2 Å². The van der Waals surface area contributed by atoms with E-state index in [-0.39, 0.29) is 5.82 Å². The quantitative estimate of drug-likeness (QED) is 0.228. The second-order valence-corrected chi connectivity index (χ2v) is 8.87. The van der Waals surface area contributed by atoms with E-state index < -0.39 is 0 Å². The number of benzene rings is 2. The lowest BCUT2D eigenvalue weighted by atomic mass is 10.0. The molecular weight excluding hydrogens is 399 g/mol. The minimum Gasteiger partial charge on any atom is -0.493 e. The Kier molecular flexibility index (Phi) is 13.1. The zero-order valence-corrected chi connectivity index (χ0v) is 20.5. The molecule has 32 heavy (non-hydrogen) atoms. The normalized spacial score (nSPS) is 13.1. The molecule has 0 aliphatic rings. The summed E-state index contributed by atoms with van der Waals surface area (Å²) in [5, 5.41) is 0. The third-order valence-electron chi connectivity index (χ3n) is 6.19. The highest BCUT2D eigenvalue weighted by Gasteiger charge is 2.13. The fourth-order valence-corrected chi connectivity index (χ4v) is 4.11. The fourth-order valence-electron chi connectivity index (χ4n) is 4.11. The zero-order valence-electron chi connectivity index (χ0n) is 20.5. The van der Waals surface area contributed by atoms with Crippen molar-refractivity contribution >= 4 is 0 Å². The molecule has 2 aromatic carbocycles. The van der Waals surface area contributed by atoms with Gasteiger partial charge in [0.2, 0.25) is 0 Å². The van der Waals surface area contributed by atoms with Gasteiger partial charge in [-0.05, 0) is 49.3 Å². The molecule has 0 aromatic heterocycles. The summed E-state index contributed by atoms with van der Waals surface area (Å²) in [5.41, 5.74) is 1.49. The second kappa shape index (κ2) is 15.9. The van der Waals surface area contributed by atoms with E-state index in [9.17, 15) is 4.39 Å². The lowest BCUT2D eigenvalue weighted by molar-refractivity contribution is 0.0138. The smallest absolute Gasteiger partial charge is 0.134 e. The average molecular weight is 443 g/mol. The number of hydrogen-bond acceptors (Lipinski definition) is 2. The van der Waals surface area contributed by atoms with Gasteiger partial charge in [-0.25, -0.2) is 4.39 Å². The molecule has 3 heteroatoms. The first kappa shape index (κ1) is 26.4. The molecule has 0 heterocycles. The van der Waals surface area contributed by atoms with Crippen molar-refractivity contribution in [3.63, 3.8) is 0 Å². The van der Waals surface area contributed by atoms with E-state index in [1.54, 1.807) is 6.07 Å². The number of rotatable bonds is 17. The van der Waals surface area contributed by atoms with Crippen LogP contribution in [-0.4, -0.2) is 19.3 Å². The number of halogens is 1. The molecule has 178 valence electrons. The van der Waals surface area contributed by atoms with Crippen LogP contribution in [-0.2, 0) is 4.74 Å². The largest absolute Gasteiger partial charge is 0.493 e. The van der Waals surface area contributed by atoms with Crippen molar-refractivity contribution in [1.82, 2.24) is 0 Å². The van der Waals surface area contributed by atoms with E-state index in [1.807, 2.05) is 36.4 Å². The van der Waals surface area contributed by atoms with Crippen molar-refractivity contribution in [2.75, 3.05) is 13.2 Å². The molecule has 2 atom stereocenters. The fraction of sp³-hybridized carbons (Fsp3) is 0.586. The van der Waals surface area contributed by atoms with E-state index in [0.29, 0.717) is 29.9 Å². The van der Waals surface area contributed by atoms with Gasteiger partial charge in [0.15, 0.2) is 0 Å². The predicted molar refractivity (Wildman–Crippen MR) is 134 cm³/mol. The Morgan fingerprint density at radius 3 is 2.31 bits per heavy atom. The predicted octanol–water partition coefficient (Wildman–Crippen LogP) is 8.83. The summed E-state index contributed by atoms with van der Waals surface area (Å²) in [7, 11) is 0. The molecule has 2 aromatic rings. The molecule has 0 aliphatic carbocycles. The minimum absolute atomic E-state index is 0.241. The summed E-state index contributed by atoms with van der Waals surface area (Å²) in [6, 6.07) is 14.8. The molecular formula is C29H43FO2. The van der Waals surface area contributed by atoms with Gasteiger partial charge in [-0.3, -0.25) is 0 Å². The average Bonchev–Trinajstić information content (AvgIpc) is 2.81. The molecule has 0 bridgehead atoms. The Labute approximate surface area is 195 Å². The van der Waals surface area contributed by atoms with Gasteiger partial charge in [-0.2, -0.15) is 0 Å². The Morgan fingerprint density at radius 2 is 1.62 bits per heavy atom. The van der Waals surface area contributed by atoms with Crippen LogP contribution in [0.3, 0.4) is 0 Å². The Balaban J connectivity index is 1.71. The molecule has 2 rings (SSSR count).